The summed E-state index contributed by atoms with van der Waals surface area (Å²) < 4.78 is 0. The highest BCUT2D eigenvalue weighted by Gasteiger charge is 2.34. The lowest BCUT2D eigenvalue weighted by molar-refractivity contribution is -0.149. The van der Waals surface area contributed by atoms with Gasteiger partial charge < -0.3 is 10.2 Å². The largest absolute Gasteiger partial charge is 0.508 e. The van der Waals surface area contributed by atoms with Gasteiger partial charge in [0.25, 0.3) is 0 Å². The van der Waals surface area contributed by atoms with Gasteiger partial charge in [-0.05, 0) is 32.5 Å². The van der Waals surface area contributed by atoms with Crippen molar-refractivity contribution in [1.82, 2.24) is 4.90 Å². The summed E-state index contributed by atoms with van der Waals surface area (Å²) in [4.78, 5) is 13.0. The number of aliphatic carboxylic acids is 1. The van der Waals surface area contributed by atoms with Crippen LogP contribution < -0.4 is 0 Å². The van der Waals surface area contributed by atoms with Crippen molar-refractivity contribution in [2.75, 3.05) is 6.54 Å². The van der Waals surface area contributed by atoms with Gasteiger partial charge in [-0.15, -0.1) is 0 Å². The zero-order valence-electron chi connectivity index (χ0n) is 10.8. The minimum absolute atomic E-state index is 0.0853. The van der Waals surface area contributed by atoms with E-state index in [1.54, 1.807) is 36.9 Å². The van der Waals surface area contributed by atoms with E-state index in [4.69, 9.17) is 11.6 Å². The highest BCUT2D eigenvalue weighted by molar-refractivity contribution is 6.31. The predicted octanol–water partition coefficient (Wildman–Crippen LogP) is 2.73. The second-order valence-corrected chi connectivity index (χ2v) is 5.02. The predicted molar refractivity (Wildman–Crippen MR) is 70.9 cm³/mol. The van der Waals surface area contributed by atoms with Gasteiger partial charge >= 0.3 is 5.97 Å². The van der Waals surface area contributed by atoms with Gasteiger partial charge in [-0.25, -0.2) is 0 Å². The monoisotopic (exact) mass is 271 g/mol. The van der Waals surface area contributed by atoms with Crippen LogP contribution in [0.3, 0.4) is 0 Å². The molecule has 2 N–H and O–H groups in total. The first-order valence-electron chi connectivity index (χ1n) is 5.75. The van der Waals surface area contributed by atoms with E-state index in [1.807, 2.05) is 6.92 Å². The number of rotatable bonds is 5. The SMILES string of the molecule is CCN(Cc1c(O)cccc1Cl)C(C)(C)C(=O)O. The van der Waals surface area contributed by atoms with Crippen molar-refractivity contribution < 1.29 is 15.0 Å². The molecule has 0 radical (unpaired) electrons. The Balaban J connectivity index is 3.04. The molecule has 0 aliphatic heterocycles. The van der Waals surface area contributed by atoms with Crippen molar-refractivity contribution >= 4 is 17.6 Å². The van der Waals surface area contributed by atoms with Gasteiger partial charge in [0.2, 0.25) is 0 Å². The van der Waals surface area contributed by atoms with Crippen LogP contribution in [-0.2, 0) is 11.3 Å². The Morgan fingerprint density at radius 3 is 2.50 bits per heavy atom. The summed E-state index contributed by atoms with van der Waals surface area (Å²) in [6.45, 7) is 5.98. The van der Waals surface area contributed by atoms with Gasteiger partial charge in [-0.3, -0.25) is 9.69 Å². The molecule has 5 heteroatoms. The van der Waals surface area contributed by atoms with Crippen molar-refractivity contribution in [1.29, 1.82) is 0 Å². The van der Waals surface area contributed by atoms with Crippen LogP contribution in [0.5, 0.6) is 5.75 Å². The lowest BCUT2D eigenvalue weighted by atomic mass is 10.0. The standard InChI is InChI=1S/C13H18ClNO3/c1-4-15(13(2,3)12(17)18)8-9-10(14)6-5-7-11(9)16/h5-7,16H,4,8H2,1-3H3,(H,17,18). The minimum atomic E-state index is -1.01. The minimum Gasteiger partial charge on any atom is -0.508 e. The van der Waals surface area contributed by atoms with Crippen molar-refractivity contribution in [3.05, 3.63) is 28.8 Å². The number of phenolic OH excluding ortho intramolecular Hbond substituents is 1. The molecule has 0 spiro atoms. The Labute approximate surface area is 112 Å². The van der Waals surface area contributed by atoms with Gasteiger partial charge in [0.15, 0.2) is 0 Å². The number of likely N-dealkylation sites (N-methyl/N-ethyl adjacent to an activating group) is 1. The van der Waals surface area contributed by atoms with Crippen LogP contribution in [0, 0.1) is 0 Å². The number of benzene rings is 1. The fraction of sp³-hybridized carbons (Fsp3) is 0.462. The van der Waals surface area contributed by atoms with Gasteiger partial charge in [-0.1, -0.05) is 24.6 Å². The van der Waals surface area contributed by atoms with E-state index >= 15 is 0 Å². The Hall–Kier alpha value is -1.26. The summed E-state index contributed by atoms with van der Waals surface area (Å²) in [6, 6.07) is 4.88. The zero-order chi connectivity index (χ0) is 13.9. The average molecular weight is 272 g/mol. The highest BCUT2D eigenvalue weighted by atomic mass is 35.5. The van der Waals surface area contributed by atoms with E-state index in [-0.39, 0.29) is 5.75 Å². The van der Waals surface area contributed by atoms with Gasteiger partial charge in [-0.2, -0.15) is 0 Å². The number of hydrogen-bond donors (Lipinski definition) is 2. The normalized spacial score (nSPS) is 11.8. The molecular weight excluding hydrogens is 254 g/mol. The molecule has 0 atom stereocenters. The summed E-state index contributed by atoms with van der Waals surface area (Å²) in [5, 5.41) is 19.4. The molecular formula is C13H18ClNO3. The maximum Gasteiger partial charge on any atom is 0.323 e. The molecule has 0 aromatic heterocycles. The smallest absolute Gasteiger partial charge is 0.323 e. The van der Waals surface area contributed by atoms with E-state index in [9.17, 15) is 15.0 Å². The molecule has 0 heterocycles. The first-order valence-corrected chi connectivity index (χ1v) is 6.13. The molecule has 0 saturated carbocycles. The van der Waals surface area contributed by atoms with Crippen molar-refractivity contribution in [2.45, 2.75) is 32.9 Å². The molecule has 4 nitrogen and oxygen atoms in total. The third-order valence-electron chi connectivity index (χ3n) is 3.14. The summed E-state index contributed by atoms with van der Waals surface area (Å²) in [5.74, 6) is -0.821. The summed E-state index contributed by atoms with van der Waals surface area (Å²) in [6.07, 6.45) is 0. The van der Waals surface area contributed by atoms with Crippen molar-refractivity contribution in [2.24, 2.45) is 0 Å². The van der Waals surface area contributed by atoms with Crippen LogP contribution in [0.1, 0.15) is 26.3 Å². The van der Waals surface area contributed by atoms with Crippen LogP contribution in [-0.4, -0.2) is 33.2 Å². The third kappa shape index (κ3) is 2.94. The maximum absolute atomic E-state index is 11.2. The molecule has 1 aromatic rings. The number of carbonyl (C=O) groups is 1. The number of nitrogens with zero attached hydrogens (tertiary/aromatic N) is 1. The van der Waals surface area contributed by atoms with E-state index in [1.165, 1.54) is 0 Å². The second kappa shape index (κ2) is 5.59. The van der Waals surface area contributed by atoms with E-state index < -0.39 is 11.5 Å². The molecule has 1 aromatic carbocycles. The third-order valence-corrected chi connectivity index (χ3v) is 3.49. The number of phenols is 1. The molecule has 0 amide bonds. The number of carboxylic acids is 1. The lowest BCUT2D eigenvalue weighted by Crippen LogP contribution is -2.49. The Morgan fingerprint density at radius 1 is 1.44 bits per heavy atom. The number of carboxylic acid groups (broad SMARTS) is 1. The van der Waals surface area contributed by atoms with E-state index in [2.05, 4.69) is 0 Å². The molecule has 0 unspecified atom stereocenters. The van der Waals surface area contributed by atoms with E-state index in [0.717, 1.165) is 0 Å². The first-order chi connectivity index (χ1) is 8.30. The summed E-state index contributed by atoms with van der Waals surface area (Å²) >= 11 is 6.03. The fourth-order valence-corrected chi connectivity index (χ4v) is 1.96. The molecule has 0 saturated heterocycles. The molecule has 1 rings (SSSR count). The maximum atomic E-state index is 11.2. The van der Waals surface area contributed by atoms with Crippen molar-refractivity contribution in [3.63, 3.8) is 0 Å². The van der Waals surface area contributed by atoms with E-state index in [0.29, 0.717) is 23.7 Å². The molecule has 0 aliphatic rings. The van der Waals surface area contributed by atoms with Crippen LogP contribution in [0.4, 0.5) is 0 Å². The summed E-state index contributed by atoms with van der Waals surface area (Å²) in [7, 11) is 0. The highest BCUT2D eigenvalue weighted by Crippen LogP contribution is 2.29. The molecule has 0 aliphatic carbocycles. The average Bonchev–Trinajstić information content (AvgIpc) is 2.28. The molecule has 18 heavy (non-hydrogen) atoms. The van der Waals surface area contributed by atoms with Crippen LogP contribution in [0.2, 0.25) is 5.02 Å². The Kier molecular flexibility index (Phi) is 4.59. The van der Waals surface area contributed by atoms with Gasteiger partial charge in [0, 0.05) is 17.1 Å². The Morgan fingerprint density at radius 2 is 2.06 bits per heavy atom. The topological polar surface area (TPSA) is 60.8 Å². The zero-order valence-corrected chi connectivity index (χ0v) is 11.5. The second-order valence-electron chi connectivity index (χ2n) is 4.62. The number of aromatic hydroxyl groups is 1. The molecule has 0 fully saturated rings. The summed E-state index contributed by atoms with van der Waals surface area (Å²) in [5.41, 5.74) is -0.462. The molecule has 0 bridgehead atoms. The van der Waals surface area contributed by atoms with Crippen LogP contribution in [0.15, 0.2) is 18.2 Å². The van der Waals surface area contributed by atoms with Crippen LogP contribution >= 0.6 is 11.6 Å². The van der Waals surface area contributed by atoms with Gasteiger partial charge in [0.1, 0.15) is 11.3 Å². The Bertz CT molecular complexity index is 426. The first kappa shape index (κ1) is 14.8. The fourth-order valence-electron chi connectivity index (χ4n) is 1.73. The number of hydrogen-bond acceptors (Lipinski definition) is 3. The van der Waals surface area contributed by atoms with Gasteiger partial charge in [0.05, 0.1) is 0 Å². The lowest BCUT2D eigenvalue weighted by Gasteiger charge is -2.34. The quantitative estimate of drug-likeness (QED) is 0.864. The number of halogens is 1. The van der Waals surface area contributed by atoms with Crippen molar-refractivity contribution in [3.8, 4) is 5.75 Å². The van der Waals surface area contributed by atoms with Crippen LogP contribution in [0.25, 0.3) is 0 Å². The molecule has 100 valence electrons.